The maximum atomic E-state index is 12.9. The van der Waals surface area contributed by atoms with Crippen LogP contribution in [-0.2, 0) is 22.5 Å². The molecule has 3 heterocycles. The van der Waals surface area contributed by atoms with E-state index >= 15 is 0 Å². The number of fused-ring (bicyclic) bond motifs is 3. The van der Waals surface area contributed by atoms with E-state index in [-0.39, 0.29) is 0 Å². The summed E-state index contributed by atoms with van der Waals surface area (Å²) in [5, 5.41) is 0. The normalized spacial score (nSPS) is 29.9. The minimum atomic E-state index is 0.299. The van der Waals surface area contributed by atoms with Gasteiger partial charge in [-0.25, -0.2) is 9.97 Å². The van der Waals surface area contributed by atoms with Crippen molar-refractivity contribution < 1.29 is 9.53 Å². The second-order valence-electron chi connectivity index (χ2n) is 8.03. The van der Waals surface area contributed by atoms with Crippen molar-refractivity contribution in [3.05, 3.63) is 29.7 Å². The fourth-order valence-corrected chi connectivity index (χ4v) is 5.08. The van der Waals surface area contributed by atoms with Crippen molar-refractivity contribution in [2.45, 2.75) is 32.2 Å². The van der Waals surface area contributed by atoms with Crippen LogP contribution in [0.1, 0.15) is 30.5 Å². The van der Waals surface area contributed by atoms with E-state index in [0.717, 1.165) is 56.7 Å². The highest BCUT2D eigenvalue weighted by molar-refractivity contribution is 5.77. The summed E-state index contributed by atoms with van der Waals surface area (Å²) >= 11 is 0. The number of hydrogen-bond acceptors (Lipinski definition) is 5. The van der Waals surface area contributed by atoms with E-state index in [0.29, 0.717) is 30.7 Å². The van der Waals surface area contributed by atoms with Crippen molar-refractivity contribution in [2.75, 3.05) is 37.7 Å². The first kappa shape index (κ1) is 16.2. The molecule has 0 radical (unpaired) electrons. The standard InChI is InChI=1S/C20H26N4O2/c25-19(11-16-10-14-1-2-15(16)9-14)24-4-3-17-18(12-24)21-13-22-20(17)23-5-7-26-8-6-23/h1-2,13-16H,3-12H2/t14-,15+,16+/m1/s1. The zero-order chi connectivity index (χ0) is 17.5. The largest absolute Gasteiger partial charge is 0.378 e. The molecule has 1 aromatic heterocycles. The van der Waals surface area contributed by atoms with Crippen molar-refractivity contribution in [1.29, 1.82) is 0 Å². The molecule has 2 aliphatic carbocycles. The van der Waals surface area contributed by atoms with Crippen LogP contribution in [0.2, 0.25) is 0 Å². The van der Waals surface area contributed by atoms with Gasteiger partial charge in [0.2, 0.25) is 5.91 Å². The number of aromatic nitrogens is 2. The molecule has 2 aliphatic heterocycles. The van der Waals surface area contributed by atoms with Crippen LogP contribution in [0.25, 0.3) is 0 Å². The monoisotopic (exact) mass is 354 g/mol. The van der Waals surface area contributed by atoms with E-state index in [4.69, 9.17) is 4.74 Å². The van der Waals surface area contributed by atoms with Gasteiger partial charge in [0.25, 0.3) is 0 Å². The maximum Gasteiger partial charge on any atom is 0.223 e. The van der Waals surface area contributed by atoms with E-state index in [1.807, 2.05) is 4.90 Å². The van der Waals surface area contributed by atoms with Gasteiger partial charge in [-0.2, -0.15) is 0 Å². The first-order chi connectivity index (χ1) is 12.8. The summed E-state index contributed by atoms with van der Waals surface area (Å²) in [5.74, 6) is 3.25. The van der Waals surface area contributed by atoms with Gasteiger partial charge >= 0.3 is 0 Å². The topological polar surface area (TPSA) is 58.6 Å². The molecule has 2 bridgehead atoms. The predicted molar refractivity (Wildman–Crippen MR) is 97.6 cm³/mol. The van der Waals surface area contributed by atoms with Gasteiger partial charge < -0.3 is 14.5 Å². The average molecular weight is 354 g/mol. The highest BCUT2D eigenvalue weighted by Gasteiger charge is 2.37. The molecule has 4 aliphatic rings. The highest BCUT2D eigenvalue weighted by Crippen LogP contribution is 2.45. The van der Waals surface area contributed by atoms with Crippen LogP contribution in [0, 0.1) is 17.8 Å². The van der Waals surface area contributed by atoms with E-state index < -0.39 is 0 Å². The first-order valence-electron chi connectivity index (χ1n) is 9.89. The van der Waals surface area contributed by atoms with E-state index in [1.54, 1.807) is 6.33 Å². The van der Waals surface area contributed by atoms with Crippen molar-refractivity contribution in [2.24, 2.45) is 17.8 Å². The molecule has 2 fully saturated rings. The Morgan fingerprint density at radius 3 is 2.81 bits per heavy atom. The van der Waals surface area contributed by atoms with Crippen molar-refractivity contribution in [3.63, 3.8) is 0 Å². The van der Waals surface area contributed by atoms with E-state index in [9.17, 15) is 4.79 Å². The molecule has 5 rings (SSSR count). The zero-order valence-corrected chi connectivity index (χ0v) is 15.1. The summed E-state index contributed by atoms with van der Waals surface area (Å²) in [6.45, 7) is 4.67. The van der Waals surface area contributed by atoms with E-state index in [1.165, 1.54) is 18.4 Å². The molecular formula is C20H26N4O2. The molecular weight excluding hydrogens is 328 g/mol. The molecule has 1 amide bonds. The molecule has 0 unspecified atom stereocenters. The van der Waals surface area contributed by atoms with Crippen LogP contribution in [-0.4, -0.2) is 53.6 Å². The third kappa shape index (κ3) is 2.90. The average Bonchev–Trinajstić information content (AvgIpc) is 3.31. The number of ether oxygens (including phenoxy) is 1. The first-order valence-corrected chi connectivity index (χ1v) is 9.89. The lowest BCUT2D eigenvalue weighted by atomic mass is 9.90. The van der Waals surface area contributed by atoms with Crippen LogP contribution in [0.5, 0.6) is 0 Å². The van der Waals surface area contributed by atoms with Gasteiger partial charge in [0.1, 0.15) is 12.1 Å². The molecule has 1 saturated carbocycles. The second-order valence-corrected chi connectivity index (χ2v) is 8.03. The Balaban J connectivity index is 1.28. The molecule has 6 heteroatoms. The Bertz CT molecular complexity index is 729. The molecule has 1 saturated heterocycles. The van der Waals surface area contributed by atoms with Crippen LogP contribution in [0.15, 0.2) is 18.5 Å². The molecule has 1 aromatic rings. The van der Waals surface area contributed by atoms with Gasteiger partial charge in [-0.1, -0.05) is 12.2 Å². The van der Waals surface area contributed by atoms with Crippen LogP contribution >= 0.6 is 0 Å². The quantitative estimate of drug-likeness (QED) is 0.775. The van der Waals surface area contributed by atoms with Crippen molar-refractivity contribution in [3.8, 4) is 0 Å². The van der Waals surface area contributed by atoms with Gasteiger partial charge in [0.05, 0.1) is 25.5 Å². The Labute approximate surface area is 154 Å². The number of rotatable bonds is 3. The van der Waals surface area contributed by atoms with Gasteiger partial charge in [-0.05, 0) is 37.0 Å². The lowest BCUT2D eigenvalue weighted by molar-refractivity contribution is -0.133. The minimum Gasteiger partial charge on any atom is -0.378 e. The number of anilines is 1. The number of amides is 1. The lowest BCUT2D eigenvalue weighted by Crippen LogP contribution is -2.41. The molecule has 6 nitrogen and oxygen atoms in total. The number of allylic oxidation sites excluding steroid dienone is 2. The smallest absolute Gasteiger partial charge is 0.223 e. The Kier molecular flexibility index (Phi) is 4.15. The van der Waals surface area contributed by atoms with Crippen LogP contribution in [0.4, 0.5) is 5.82 Å². The fourth-order valence-electron chi connectivity index (χ4n) is 5.08. The summed E-state index contributed by atoms with van der Waals surface area (Å²) < 4.78 is 5.46. The van der Waals surface area contributed by atoms with Gasteiger partial charge in [-0.3, -0.25) is 4.79 Å². The van der Waals surface area contributed by atoms with E-state index in [2.05, 4.69) is 27.0 Å². The third-order valence-electron chi connectivity index (χ3n) is 6.50. The Hall–Kier alpha value is -1.95. The fraction of sp³-hybridized carbons (Fsp3) is 0.650. The molecule has 0 N–H and O–H groups in total. The summed E-state index contributed by atoms with van der Waals surface area (Å²) in [6.07, 6.45) is 10.3. The minimum absolute atomic E-state index is 0.299. The molecule has 0 aromatic carbocycles. The zero-order valence-electron chi connectivity index (χ0n) is 15.1. The molecule has 138 valence electrons. The van der Waals surface area contributed by atoms with Crippen LogP contribution < -0.4 is 4.90 Å². The number of hydrogen-bond donors (Lipinski definition) is 0. The Morgan fingerprint density at radius 1 is 1.15 bits per heavy atom. The number of morpholine rings is 1. The van der Waals surface area contributed by atoms with Gasteiger partial charge in [0, 0.05) is 31.6 Å². The summed E-state index contributed by atoms with van der Waals surface area (Å²) in [6, 6.07) is 0. The number of carbonyl (C=O) groups excluding carboxylic acids is 1. The van der Waals surface area contributed by atoms with Gasteiger partial charge in [0.15, 0.2) is 0 Å². The number of carbonyl (C=O) groups is 1. The SMILES string of the molecule is O=C(C[C@@H]1C[C@@H]2C=C[C@H]1C2)N1CCc2c(ncnc2N2CCOCC2)C1. The number of nitrogens with zero attached hydrogens (tertiary/aromatic N) is 4. The molecule has 0 spiro atoms. The lowest BCUT2D eigenvalue weighted by Gasteiger charge is -2.34. The molecule has 3 atom stereocenters. The highest BCUT2D eigenvalue weighted by atomic mass is 16.5. The summed E-state index contributed by atoms with van der Waals surface area (Å²) in [4.78, 5) is 26.2. The summed E-state index contributed by atoms with van der Waals surface area (Å²) in [5.41, 5.74) is 2.25. The summed E-state index contributed by atoms with van der Waals surface area (Å²) in [7, 11) is 0. The second kappa shape index (κ2) is 6.65. The van der Waals surface area contributed by atoms with Crippen molar-refractivity contribution >= 4 is 11.7 Å². The van der Waals surface area contributed by atoms with Crippen molar-refractivity contribution in [1.82, 2.24) is 14.9 Å². The maximum absolute atomic E-state index is 12.9. The Morgan fingerprint density at radius 2 is 2.04 bits per heavy atom. The molecule has 26 heavy (non-hydrogen) atoms. The predicted octanol–water partition coefficient (Wildman–Crippen LogP) is 1.80. The third-order valence-corrected chi connectivity index (χ3v) is 6.50. The van der Waals surface area contributed by atoms with Crippen LogP contribution in [0.3, 0.4) is 0 Å². The van der Waals surface area contributed by atoms with Gasteiger partial charge in [-0.15, -0.1) is 0 Å².